The molecule has 0 aliphatic heterocycles. The zero-order chi connectivity index (χ0) is 9.84. The van der Waals surface area contributed by atoms with Crippen LogP contribution in [-0.4, -0.2) is 6.29 Å². The van der Waals surface area contributed by atoms with E-state index < -0.39 is 0 Å². The van der Waals surface area contributed by atoms with Gasteiger partial charge in [0, 0.05) is 15.4 Å². The molecule has 0 amide bonds. The Balaban J connectivity index is 3.19. The molecule has 0 aromatic heterocycles. The zero-order valence-electron chi connectivity index (χ0n) is 7.26. The number of rotatable bonds is 3. The quantitative estimate of drug-likeness (QED) is 0.475. The lowest BCUT2D eigenvalue weighted by Crippen LogP contribution is -2.00. The van der Waals surface area contributed by atoms with Gasteiger partial charge in [-0.3, -0.25) is 0 Å². The van der Waals surface area contributed by atoms with Crippen LogP contribution in [0.5, 0.6) is 0 Å². The molecule has 70 valence electrons. The summed E-state index contributed by atoms with van der Waals surface area (Å²) < 4.78 is 1.12. The van der Waals surface area contributed by atoms with Crippen molar-refractivity contribution >= 4 is 40.5 Å². The highest BCUT2D eigenvalue weighted by Gasteiger charge is 2.10. The van der Waals surface area contributed by atoms with Gasteiger partial charge < -0.3 is 4.79 Å². The lowest BCUT2D eigenvalue weighted by molar-refractivity contribution is -0.108. The molecule has 0 spiro atoms. The fraction of sp³-hybridized carbons (Fsp3) is 0.300. The van der Waals surface area contributed by atoms with Crippen LogP contribution in [-0.2, 0) is 10.7 Å². The van der Waals surface area contributed by atoms with Crippen LogP contribution in [0.4, 0.5) is 0 Å². The normalized spacial score (nSPS) is 12.5. The maximum atomic E-state index is 10.6. The van der Waals surface area contributed by atoms with E-state index in [2.05, 4.69) is 22.6 Å². The third kappa shape index (κ3) is 2.44. The summed E-state index contributed by atoms with van der Waals surface area (Å²) in [6.45, 7) is 1.88. The van der Waals surface area contributed by atoms with Gasteiger partial charge >= 0.3 is 0 Å². The molecule has 3 heteroatoms. The first-order valence-corrected chi connectivity index (χ1v) is 5.60. The highest BCUT2D eigenvalue weighted by molar-refractivity contribution is 14.1. The Morgan fingerprint density at radius 3 is 2.85 bits per heavy atom. The second-order valence-electron chi connectivity index (χ2n) is 2.87. The van der Waals surface area contributed by atoms with Crippen molar-refractivity contribution in [2.75, 3.05) is 0 Å². The fourth-order valence-corrected chi connectivity index (χ4v) is 2.45. The van der Waals surface area contributed by atoms with Gasteiger partial charge in [-0.1, -0.05) is 19.1 Å². The molecule has 0 aliphatic rings. The van der Waals surface area contributed by atoms with Gasteiger partial charge in [-0.05, 0) is 39.8 Å². The maximum Gasteiger partial charge on any atom is 0.127 e. The summed E-state index contributed by atoms with van der Waals surface area (Å²) in [4.78, 5) is 10.6. The highest BCUT2D eigenvalue weighted by Crippen LogP contribution is 2.24. The topological polar surface area (TPSA) is 17.1 Å². The zero-order valence-corrected chi connectivity index (χ0v) is 10.2. The lowest BCUT2D eigenvalue weighted by atomic mass is 9.98. The van der Waals surface area contributed by atoms with Crippen LogP contribution in [0.3, 0.4) is 0 Å². The second-order valence-corrected chi connectivity index (χ2v) is 4.30. The summed E-state index contributed by atoms with van der Waals surface area (Å²) in [6, 6.07) is 5.91. The predicted octanol–water partition coefficient (Wildman–Crippen LogP) is 3.33. The molecule has 0 radical (unpaired) electrons. The van der Waals surface area contributed by atoms with Gasteiger partial charge in [-0.15, -0.1) is 11.6 Å². The van der Waals surface area contributed by atoms with E-state index in [1.807, 2.05) is 25.1 Å². The van der Waals surface area contributed by atoms with Crippen molar-refractivity contribution in [3.63, 3.8) is 0 Å². The van der Waals surface area contributed by atoms with Gasteiger partial charge in [-0.2, -0.15) is 0 Å². The molecule has 0 N–H and O–H groups in total. The lowest BCUT2D eigenvalue weighted by Gasteiger charge is -2.10. The van der Waals surface area contributed by atoms with Crippen LogP contribution in [0.15, 0.2) is 18.2 Å². The van der Waals surface area contributed by atoms with E-state index in [1.54, 1.807) is 0 Å². The van der Waals surface area contributed by atoms with Crippen molar-refractivity contribution in [1.29, 1.82) is 0 Å². The molecule has 1 unspecified atom stereocenters. The molecule has 13 heavy (non-hydrogen) atoms. The van der Waals surface area contributed by atoms with E-state index in [-0.39, 0.29) is 5.92 Å². The minimum atomic E-state index is -0.0662. The summed E-state index contributed by atoms with van der Waals surface area (Å²) in [6.07, 6.45) is 0.946. The molecule has 0 heterocycles. The number of carbonyl (C=O) groups excluding carboxylic acids is 1. The Kier molecular flexibility index (Phi) is 4.19. The molecule has 0 bridgehead atoms. The van der Waals surface area contributed by atoms with Crippen LogP contribution in [0.2, 0.25) is 0 Å². The molecule has 1 nitrogen and oxygen atoms in total. The Labute approximate surface area is 96.6 Å². The van der Waals surface area contributed by atoms with Crippen LogP contribution in [0.1, 0.15) is 24.0 Å². The summed E-state index contributed by atoms with van der Waals surface area (Å²) in [5, 5.41) is 0. The minimum absolute atomic E-state index is 0.0662. The molecule has 1 aromatic rings. The Morgan fingerprint density at radius 1 is 1.62 bits per heavy atom. The van der Waals surface area contributed by atoms with Crippen molar-refractivity contribution in [3.05, 3.63) is 32.9 Å². The third-order valence-corrected chi connectivity index (χ3v) is 3.26. The van der Waals surface area contributed by atoms with E-state index in [4.69, 9.17) is 11.6 Å². The average molecular weight is 309 g/mol. The van der Waals surface area contributed by atoms with E-state index >= 15 is 0 Å². The van der Waals surface area contributed by atoms with Gasteiger partial charge in [0.15, 0.2) is 0 Å². The molecule has 0 saturated heterocycles. The smallest absolute Gasteiger partial charge is 0.127 e. The summed E-state index contributed by atoms with van der Waals surface area (Å²) >= 11 is 8.05. The van der Waals surface area contributed by atoms with E-state index in [0.29, 0.717) is 5.88 Å². The van der Waals surface area contributed by atoms with Crippen LogP contribution in [0.25, 0.3) is 0 Å². The minimum Gasteiger partial charge on any atom is -0.303 e. The largest absolute Gasteiger partial charge is 0.303 e. The van der Waals surface area contributed by atoms with Gasteiger partial charge in [0.2, 0.25) is 0 Å². The molecule has 0 fully saturated rings. The summed E-state index contributed by atoms with van der Waals surface area (Å²) in [7, 11) is 0. The van der Waals surface area contributed by atoms with Crippen molar-refractivity contribution in [2.24, 2.45) is 0 Å². The highest BCUT2D eigenvalue weighted by atomic mass is 127. The first-order chi connectivity index (χ1) is 6.20. The molecule has 0 aliphatic carbocycles. The van der Waals surface area contributed by atoms with Crippen molar-refractivity contribution in [3.8, 4) is 0 Å². The van der Waals surface area contributed by atoms with Crippen molar-refractivity contribution in [1.82, 2.24) is 0 Å². The monoisotopic (exact) mass is 308 g/mol. The fourth-order valence-electron chi connectivity index (χ4n) is 1.22. The van der Waals surface area contributed by atoms with E-state index in [1.165, 1.54) is 0 Å². The molecule has 1 atom stereocenters. The molecule has 1 aromatic carbocycles. The van der Waals surface area contributed by atoms with Crippen LogP contribution in [0, 0.1) is 3.57 Å². The van der Waals surface area contributed by atoms with Gasteiger partial charge in [-0.25, -0.2) is 0 Å². The number of hydrogen-bond acceptors (Lipinski definition) is 1. The molecule has 1 rings (SSSR count). The van der Waals surface area contributed by atoms with Crippen molar-refractivity contribution in [2.45, 2.75) is 18.7 Å². The number of aldehydes is 1. The number of alkyl halides is 1. The Hall–Kier alpha value is -0.0900. The number of carbonyl (C=O) groups is 1. The molecular weight excluding hydrogens is 298 g/mol. The van der Waals surface area contributed by atoms with Gasteiger partial charge in [0.25, 0.3) is 0 Å². The van der Waals surface area contributed by atoms with Crippen LogP contribution >= 0.6 is 34.2 Å². The van der Waals surface area contributed by atoms with E-state index in [0.717, 1.165) is 21.0 Å². The summed E-state index contributed by atoms with van der Waals surface area (Å²) in [5.74, 6) is 0.399. The standard InChI is InChI=1S/C10H10ClIO/c1-7(6-13)8-3-2-4-10(12)9(8)5-11/h2-4,6-7H,5H2,1H3. The summed E-state index contributed by atoms with van der Waals surface area (Å²) in [5.41, 5.74) is 2.11. The number of hydrogen-bond donors (Lipinski definition) is 0. The van der Waals surface area contributed by atoms with Gasteiger partial charge in [0.05, 0.1) is 0 Å². The third-order valence-electron chi connectivity index (χ3n) is 1.98. The Morgan fingerprint density at radius 2 is 2.31 bits per heavy atom. The molecule has 0 saturated carbocycles. The number of halogens is 2. The maximum absolute atomic E-state index is 10.6. The SMILES string of the molecule is CC(C=O)c1cccc(I)c1CCl. The van der Waals surface area contributed by atoms with Crippen LogP contribution < -0.4 is 0 Å². The van der Waals surface area contributed by atoms with Gasteiger partial charge in [0.1, 0.15) is 6.29 Å². The first-order valence-electron chi connectivity index (χ1n) is 3.99. The average Bonchev–Trinajstić information content (AvgIpc) is 2.16. The van der Waals surface area contributed by atoms with Crippen molar-refractivity contribution < 1.29 is 4.79 Å². The number of benzene rings is 1. The Bertz CT molecular complexity index is 312. The molecular formula is C10H10ClIO. The predicted molar refractivity (Wildman–Crippen MR) is 63.2 cm³/mol. The first kappa shape index (κ1) is 11.0. The van der Waals surface area contributed by atoms with E-state index in [9.17, 15) is 4.79 Å². The second kappa shape index (κ2) is 4.96.